The Kier molecular flexibility index (Phi) is 3.05. The average molecular weight is 366 g/mol. The minimum atomic E-state index is 0.633. The van der Waals surface area contributed by atoms with Crippen molar-refractivity contribution in [1.29, 1.82) is 0 Å². The second-order valence-electron chi connectivity index (χ2n) is 4.95. The summed E-state index contributed by atoms with van der Waals surface area (Å²) in [5, 5.41) is 3.14. The van der Waals surface area contributed by atoms with Crippen LogP contribution >= 0.6 is 38.6 Å². The maximum Gasteiger partial charge on any atom is 0.173 e. The molecule has 0 saturated carbocycles. The number of thiophene rings is 2. The van der Waals surface area contributed by atoms with Gasteiger partial charge in [-0.2, -0.15) is 0 Å². The highest BCUT2D eigenvalue weighted by Gasteiger charge is 2.20. The molecule has 3 nitrogen and oxygen atoms in total. The van der Waals surface area contributed by atoms with Crippen LogP contribution in [0.1, 0.15) is 23.3 Å². The molecule has 3 heterocycles. The van der Waals surface area contributed by atoms with Crippen molar-refractivity contribution in [2.75, 3.05) is 5.73 Å². The molecule has 0 spiro atoms. The first-order valence-corrected chi connectivity index (χ1v) is 9.03. The summed E-state index contributed by atoms with van der Waals surface area (Å²) in [6, 6.07) is 2.04. The quantitative estimate of drug-likeness (QED) is 0.682. The summed E-state index contributed by atoms with van der Waals surface area (Å²) in [4.78, 5) is 12.8. The van der Waals surface area contributed by atoms with Gasteiger partial charge in [-0.25, -0.2) is 9.97 Å². The number of fused-ring (bicyclic) bond motifs is 3. The largest absolute Gasteiger partial charge is 0.383 e. The number of nitrogen functional groups attached to an aromatic ring is 1. The molecule has 0 aliphatic heterocycles. The number of rotatable bonds is 1. The minimum Gasteiger partial charge on any atom is -0.383 e. The lowest BCUT2D eigenvalue weighted by Crippen LogP contribution is -2.01. The van der Waals surface area contributed by atoms with E-state index < -0.39 is 0 Å². The highest BCUT2D eigenvalue weighted by molar-refractivity contribution is 9.10. The first kappa shape index (κ1) is 12.7. The van der Waals surface area contributed by atoms with Crippen LogP contribution in [0.15, 0.2) is 15.9 Å². The van der Waals surface area contributed by atoms with Gasteiger partial charge in [-0.3, -0.25) is 0 Å². The second-order valence-corrected chi connectivity index (χ2v) is 7.86. The molecule has 0 fully saturated rings. The smallest absolute Gasteiger partial charge is 0.173 e. The van der Waals surface area contributed by atoms with Crippen molar-refractivity contribution in [2.45, 2.75) is 25.7 Å². The molecule has 4 rings (SSSR count). The van der Waals surface area contributed by atoms with E-state index in [2.05, 4.69) is 20.9 Å². The van der Waals surface area contributed by atoms with Crippen molar-refractivity contribution in [3.05, 3.63) is 26.4 Å². The van der Waals surface area contributed by atoms with Crippen molar-refractivity contribution < 1.29 is 0 Å². The highest BCUT2D eigenvalue weighted by Crippen LogP contribution is 2.39. The van der Waals surface area contributed by atoms with Crippen molar-refractivity contribution in [3.8, 4) is 10.7 Å². The molecule has 1 aliphatic carbocycles. The van der Waals surface area contributed by atoms with Gasteiger partial charge < -0.3 is 5.73 Å². The molecule has 0 aromatic carbocycles. The fourth-order valence-corrected chi connectivity index (χ4v) is 5.36. The fourth-order valence-electron chi connectivity index (χ4n) is 2.73. The SMILES string of the molecule is Nc1nc(-c2cc(Br)cs2)nc2sc3c(c12)CCCC3. The molecule has 0 bridgehead atoms. The molecule has 3 aromatic heterocycles. The zero-order valence-corrected chi connectivity index (χ0v) is 13.9. The van der Waals surface area contributed by atoms with E-state index in [-0.39, 0.29) is 0 Å². The maximum absolute atomic E-state index is 6.22. The fraction of sp³-hybridized carbons (Fsp3) is 0.286. The number of anilines is 1. The number of aryl methyl sites for hydroxylation is 2. The number of hydrogen-bond donors (Lipinski definition) is 1. The molecular formula is C14H12BrN3S2. The van der Waals surface area contributed by atoms with E-state index in [1.807, 2.05) is 11.4 Å². The summed E-state index contributed by atoms with van der Waals surface area (Å²) in [6.45, 7) is 0. The van der Waals surface area contributed by atoms with Gasteiger partial charge in [-0.15, -0.1) is 22.7 Å². The molecule has 0 amide bonds. The third-order valence-corrected chi connectivity index (χ3v) is 6.50. The zero-order chi connectivity index (χ0) is 13.7. The predicted octanol–water partition coefficient (Wildman–Crippen LogP) is 4.64. The lowest BCUT2D eigenvalue weighted by Gasteiger charge is -2.10. The molecule has 2 N–H and O–H groups in total. The number of nitrogens with zero attached hydrogens (tertiary/aromatic N) is 2. The van der Waals surface area contributed by atoms with Gasteiger partial charge in [0.2, 0.25) is 0 Å². The number of aromatic nitrogens is 2. The number of nitrogens with two attached hydrogens (primary N) is 1. The third kappa shape index (κ3) is 1.98. The average Bonchev–Trinajstić information content (AvgIpc) is 3.01. The Bertz CT molecular complexity index is 806. The monoisotopic (exact) mass is 365 g/mol. The normalized spacial score (nSPS) is 14.7. The Morgan fingerprint density at radius 1 is 1.20 bits per heavy atom. The van der Waals surface area contributed by atoms with Gasteiger partial charge in [-0.1, -0.05) is 0 Å². The van der Waals surface area contributed by atoms with Crippen LogP contribution < -0.4 is 5.73 Å². The summed E-state index contributed by atoms with van der Waals surface area (Å²) in [7, 11) is 0. The van der Waals surface area contributed by atoms with Crippen molar-refractivity contribution >= 4 is 54.6 Å². The van der Waals surface area contributed by atoms with Gasteiger partial charge in [0.05, 0.1) is 10.3 Å². The number of hydrogen-bond acceptors (Lipinski definition) is 5. The molecule has 20 heavy (non-hydrogen) atoms. The van der Waals surface area contributed by atoms with Gasteiger partial charge in [0.15, 0.2) is 5.82 Å². The molecular weight excluding hydrogens is 354 g/mol. The van der Waals surface area contributed by atoms with Gasteiger partial charge in [0, 0.05) is 14.7 Å². The van der Waals surface area contributed by atoms with E-state index in [0.717, 1.165) is 38.2 Å². The molecule has 0 radical (unpaired) electrons. The van der Waals surface area contributed by atoms with E-state index in [1.54, 1.807) is 22.7 Å². The van der Waals surface area contributed by atoms with E-state index in [0.29, 0.717) is 5.82 Å². The highest BCUT2D eigenvalue weighted by atomic mass is 79.9. The lowest BCUT2D eigenvalue weighted by molar-refractivity contribution is 0.700. The van der Waals surface area contributed by atoms with E-state index >= 15 is 0 Å². The topological polar surface area (TPSA) is 51.8 Å². The van der Waals surface area contributed by atoms with Crippen LogP contribution in [0.4, 0.5) is 5.82 Å². The van der Waals surface area contributed by atoms with Crippen LogP contribution in [0.3, 0.4) is 0 Å². The second kappa shape index (κ2) is 4.79. The van der Waals surface area contributed by atoms with Crippen molar-refractivity contribution in [2.24, 2.45) is 0 Å². The lowest BCUT2D eigenvalue weighted by atomic mass is 9.97. The van der Waals surface area contributed by atoms with Crippen LogP contribution in [0.5, 0.6) is 0 Å². The molecule has 6 heteroatoms. The van der Waals surface area contributed by atoms with Crippen LogP contribution in [0.25, 0.3) is 20.9 Å². The maximum atomic E-state index is 6.22. The van der Waals surface area contributed by atoms with Gasteiger partial charge in [0.25, 0.3) is 0 Å². The number of halogens is 1. The van der Waals surface area contributed by atoms with Crippen LogP contribution in [0.2, 0.25) is 0 Å². The molecule has 0 unspecified atom stereocenters. The Labute approximate surface area is 133 Å². The Morgan fingerprint density at radius 2 is 2.05 bits per heavy atom. The summed E-state index contributed by atoms with van der Waals surface area (Å²) < 4.78 is 1.06. The summed E-state index contributed by atoms with van der Waals surface area (Å²) >= 11 is 6.89. The van der Waals surface area contributed by atoms with E-state index in [9.17, 15) is 0 Å². The Hall–Kier alpha value is -0.980. The Morgan fingerprint density at radius 3 is 2.85 bits per heavy atom. The first-order chi connectivity index (χ1) is 9.72. The Balaban J connectivity index is 1.94. The molecule has 0 atom stereocenters. The predicted molar refractivity (Wildman–Crippen MR) is 89.5 cm³/mol. The summed E-state index contributed by atoms with van der Waals surface area (Å²) in [5.41, 5.74) is 7.61. The van der Waals surface area contributed by atoms with Gasteiger partial charge in [-0.05, 0) is 53.2 Å². The van der Waals surface area contributed by atoms with Crippen LogP contribution in [-0.2, 0) is 12.8 Å². The van der Waals surface area contributed by atoms with Gasteiger partial charge in [0.1, 0.15) is 10.6 Å². The first-order valence-electron chi connectivity index (χ1n) is 6.54. The third-order valence-electron chi connectivity index (χ3n) is 3.63. The van der Waals surface area contributed by atoms with Crippen LogP contribution in [-0.4, -0.2) is 9.97 Å². The van der Waals surface area contributed by atoms with E-state index in [1.165, 1.54) is 23.3 Å². The molecule has 1 aliphatic rings. The van der Waals surface area contributed by atoms with Gasteiger partial charge >= 0.3 is 0 Å². The van der Waals surface area contributed by atoms with Crippen molar-refractivity contribution in [1.82, 2.24) is 9.97 Å². The summed E-state index contributed by atoms with van der Waals surface area (Å²) in [5.74, 6) is 1.37. The van der Waals surface area contributed by atoms with E-state index in [4.69, 9.17) is 10.7 Å². The summed E-state index contributed by atoms with van der Waals surface area (Å²) in [6.07, 6.45) is 4.80. The molecule has 0 saturated heterocycles. The standard InChI is InChI=1S/C14H12BrN3S2/c15-7-5-10(19-6-7)13-17-12(16)11-8-3-1-2-4-9(8)20-14(11)18-13/h5-6H,1-4H2,(H2,16,17,18). The molecule has 3 aromatic rings. The molecule has 102 valence electrons. The minimum absolute atomic E-state index is 0.633. The zero-order valence-electron chi connectivity index (χ0n) is 10.6. The van der Waals surface area contributed by atoms with Crippen LogP contribution in [0, 0.1) is 0 Å². The van der Waals surface area contributed by atoms with Crippen molar-refractivity contribution in [3.63, 3.8) is 0 Å².